The van der Waals surface area contributed by atoms with E-state index in [0.29, 0.717) is 24.6 Å². The second kappa shape index (κ2) is 5.29. The van der Waals surface area contributed by atoms with Gasteiger partial charge in [-0.3, -0.25) is 4.79 Å². The first-order valence-electron chi connectivity index (χ1n) is 5.29. The van der Waals surface area contributed by atoms with Crippen LogP contribution in [0, 0.1) is 0 Å². The van der Waals surface area contributed by atoms with E-state index in [2.05, 4.69) is 5.10 Å². The zero-order valence-corrected chi connectivity index (χ0v) is 10.3. The topological polar surface area (TPSA) is 41.9 Å². The van der Waals surface area contributed by atoms with Gasteiger partial charge in [0, 0.05) is 12.1 Å². The number of ether oxygens (including phenoxy) is 1. The van der Waals surface area contributed by atoms with Crippen LogP contribution in [0.2, 0.25) is 5.02 Å². The number of hydrogen-bond donors (Lipinski definition) is 0. The van der Waals surface area contributed by atoms with Crippen molar-refractivity contribution in [3.05, 3.63) is 34.9 Å². The third kappa shape index (κ3) is 3.05. The Bertz CT molecular complexity index is 460. The van der Waals surface area contributed by atoms with Gasteiger partial charge in [-0.2, -0.15) is 5.10 Å². The van der Waals surface area contributed by atoms with Crippen LogP contribution in [0.5, 0.6) is 0 Å². The summed E-state index contributed by atoms with van der Waals surface area (Å²) in [6.45, 7) is 0.852. The van der Waals surface area contributed by atoms with Crippen LogP contribution in [0.3, 0.4) is 0 Å². The van der Waals surface area contributed by atoms with E-state index in [1.54, 1.807) is 13.2 Å². The SMILES string of the molecule is COCC1=NN(Cc2cccc(Cl)c2)C(=O)C1. The van der Waals surface area contributed by atoms with Gasteiger partial charge < -0.3 is 4.74 Å². The summed E-state index contributed by atoms with van der Waals surface area (Å²) >= 11 is 5.89. The summed E-state index contributed by atoms with van der Waals surface area (Å²) in [6, 6.07) is 7.41. The van der Waals surface area contributed by atoms with E-state index >= 15 is 0 Å². The summed E-state index contributed by atoms with van der Waals surface area (Å²) in [5.41, 5.74) is 1.73. The van der Waals surface area contributed by atoms with Crippen LogP contribution in [-0.4, -0.2) is 30.3 Å². The third-order valence-corrected chi connectivity index (χ3v) is 2.67. The predicted molar refractivity (Wildman–Crippen MR) is 65.9 cm³/mol. The minimum Gasteiger partial charge on any atom is -0.379 e. The first-order valence-corrected chi connectivity index (χ1v) is 5.67. The molecule has 0 saturated carbocycles. The van der Waals surface area contributed by atoms with Crippen molar-refractivity contribution in [2.75, 3.05) is 13.7 Å². The van der Waals surface area contributed by atoms with Crippen molar-refractivity contribution in [1.82, 2.24) is 5.01 Å². The second-order valence-corrected chi connectivity index (χ2v) is 4.29. The Morgan fingerprint density at radius 1 is 1.53 bits per heavy atom. The van der Waals surface area contributed by atoms with E-state index in [9.17, 15) is 4.79 Å². The Balaban J connectivity index is 2.06. The highest BCUT2D eigenvalue weighted by molar-refractivity contribution is 6.30. The van der Waals surface area contributed by atoms with Gasteiger partial charge in [0.25, 0.3) is 0 Å². The molecule has 1 aromatic carbocycles. The number of rotatable bonds is 4. The zero-order valence-electron chi connectivity index (χ0n) is 9.52. The summed E-state index contributed by atoms with van der Waals surface area (Å²) in [7, 11) is 1.59. The minimum absolute atomic E-state index is 0.00275. The molecule has 0 spiro atoms. The molecule has 4 nitrogen and oxygen atoms in total. The Hall–Kier alpha value is -1.39. The molecule has 0 aliphatic carbocycles. The van der Waals surface area contributed by atoms with Crippen molar-refractivity contribution in [3.8, 4) is 0 Å². The molecule has 17 heavy (non-hydrogen) atoms. The number of hydrazone groups is 1. The van der Waals surface area contributed by atoms with Gasteiger partial charge in [0.1, 0.15) is 0 Å². The largest absolute Gasteiger partial charge is 0.379 e. The van der Waals surface area contributed by atoms with E-state index in [1.807, 2.05) is 18.2 Å². The molecule has 0 unspecified atom stereocenters. The number of hydrogen-bond acceptors (Lipinski definition) is 3. The van der Waals surface area contributed by atoms with Crippen LogP contribution in [0.15, 0.2) is 29.4 Å². The molecule has 0 radical (unpaired) electrons. The summed E-state index contributed by atoms with van der Waals surface area (Å²) in [5.74, 6) is -0.00275. The smallest absolute Gasteiger partial charge is 0.248 e. The second-order valence-electron chi connectivity index (χ2n) is 3.86. The predicted octanol–water partition coefficient (Wildman–Crippen LogP) is 2.07. The lowest BCUT2D eigenvalue weighted by atomic mass is 10.2. The van der Waals surface area contributed by atoms with Gasteiger partial charge in [-0.15, -0.1) is 0 Å². The van der Waals surface area contributed by atoms with E-state index in [0.717, 1.165) is 11.3 Å². The van der Waals surface area contributed by atoms with Crippen LogP contribution < -0.4 is 0 Å². The van der Waals surface area contributed by atoms with E-state index in [-0.39, 0.29) is 5.91 Å². The number of amides is 1. The normalized spacial score (nSPS) is 15.3. The van der Waals surface area contributed by atoms with E-state index in [4.69, 9.17) is 16.3 Å². The summed E-state index contributed by atoms with van der Waals surface area (Å²) < 4.78 is 4.96. The average molecular weight is 253 g/mol. The molecule has 0 fully saturated rings. The highest BCUT2D eigenvalue weighted by atomic mass is 35.5. The van der Waals surface area contributed by atoms with E-state index in [1.165, 1.54) is 5.01 Å². The molecule has 0 bridgehead atoms. The lowest BCUT2D eigenvalue weighted by Gasteiger charge is -2.11. The molecular formula is C12H13ClN2O2. The maximum Gasteiger partial charge on any atom is 0.248 e. The maximum atomic E-state index is 11.7. The van der Waals surface area contributed by atoms with Crippen LogP contribution in [0.4, 0.5) is 0 Å². The molecule has 1 amide bonds. The van der Waals surface area contributed by atoms with Crippen molar-refractivity contribution in [3.63, 3.8) is 0 Å². The van der Waals surface area contributed by atoms with Gasteiger partial charge in [0.2, 0.25) is 5.91 Å². The molecule has 1 heterocycles. The highest BCUT2D eigenvalue weighted by Crippen LogP contribution is 2.16. The van der Waals surface area contributed by atoms with Gasteiger partial charge >= 0.3 is 0 Å². The average Bonchev–Trinajstić information content (AvgIpc) is 2.60. The molecule has 2 rings (SSSR count). The van der Waals surface area contributed by atoms with Crippen LogP contribution in [0.1, 0.15) is 12.0 Å². The van der Waals surface area contributed by atoms with Crippen LogP contribution in [0.25, 0.3) is 0 Å². The molecule has 1 aromatic rings. The fraction of sp³-hybridized carbons (Fsp3) is 0.333. The Kier molecular flexibility index (Phi) is 3.76. The molecule has 90 valence electrons. The van der Waals surface area contributed by atoms with Gasteiger partial charge in [0.15, 0.2) is 0 Å². The fourth-order valence-corrected chi connectivity index (χ4v) is 1.92. The molecular weight excluding hydrogens is 240 g/mol. The maximum absolute atomic E-state index is 11.7. The van der Waals surface area contributed by atoms with E-state index < -0.39 is 0 Å². The van der Waals surface area contributed by atoms with Gasteiger partial charge in [-0.1, -0.05) is 23.7 Å². The molecule has 5 heteroatoms. The molecule has 0 atom stereocenters. The van der Waals surface area contributed by atoms with Crippen molar-refractivity contribution in [2.24, 2.45) is 5.10 Å². The molecule has 0 saturated heterocycles. The number of benzene rings is 1. The highest BCUT2D eigenvalue weighted by Gasteiger charge is 2.23. The molecule has 0 aromatic heterocycles. The van der Waals surface area contributed by atoms with Gasteiger partial charge in [-0.25, -0.2) is 5.01 Å². The van der Waals surface area contributed by atoms with Gasteiger partial charge in [0.05, 0.1) is 25.3 Å². The number of methoxy groups -OCH3 is 1. The lowest BCUT2D eigenvalue weighted by molar-refractivity contribution is -0.129. The monoisotopic (exact) mass is 252 g/mol. The Labute approximate surface area is 105 Å². The van der Waals surface area contributed by atoms with Crippen molar-refractivity contribution in [1.29, 1.82) is 0 Å². The zero-order chi connectivity index (χ0) is 12.3. The van der Waals surface area contributed by atoms with Crippen molar-refractivity contribution >= 4 is 23.2 Å². The Morgan fingerprint density at radius 3 is 3.06 bits per heavy atom. The van der Waals surface area contributed by atoms with Crippen LogP contribution >= 0.6 is 11.6 Å². The quantitative estimate of drug-likeness (QED) is 0.823. The van der Waals surface area contributed by atoms with Gasteiger partial charge in [-0.05, 0) is 17.7 Å². The molecule has 1 aliphatic rings. The third-order valence-electron chi connectivity index (χ3n) is 2.44. The number of halogens is 1. The van der Waals surface area contributed by atoms with Crippen LogP contribution in [-0.2, 0) is 16.1 Å². The molecule has 0 N–H and O–H groups in total. The lowest BCUT2D eigenvalue weighted by Crippen LogP contribution is -2.20. The van der Waals surface area contributed by atoms with Crippen molar-refractivity contribution in [2.45, 2.75) is 13.0 Å². The first-order chi connectivity index (χ1) is 8.19. The number of nitrogens with zero attached hydrogens (tertiary/aromatic N) is 2. The first kappa shape index (κ1) is 12.1. The minimum atomic E-state index is -0.00275. The summed E-state index contributed by atoms with van der Waals surface area (Å²) in [5, 5.41) is 6.34. The fourth-order valence-electron chi connectivity index (χ4n) is 1.71. The molecule has 1 aliphatic heterocycles. The van der Waals surface area contributed by atoms with Crippen molar-refractivity contribution < 1.29 is 9.53 Å². The summed E-state index contributed by atoms with van der Waals surface area (Å²) in [4.78, 5) is 11.7. The number of carbonyl (C=O) groups is 1. The standard InChI is InChI=1S/C12H13ClN2O2/c1-17-8-11-6-12(16)15(14-11)7-9-3-2-4-10(13)5-9/h2-5H,6-8H2,1H3. The summed E-state index contributed by atoms with van der Waals surface area (Å²) in [6.07, 6.45) is 0.342. The Morgan fingerprint density at radius 2 is 2.35 bits per heavy atom. The number of carbonyl (C=O) groups excluding carboxylic acids is 1.